The minimum absolute atomic E-state index is 0.397. The zero-order chi connectivity index (χ0) is 17.1. The number of aromatic nitrogens is 2. The molecule has 6 nitrogen and oxygen atoms in total. The van der Waals surface area contributed by atoms with Crippen molar-refractivity contribution in [3.8, 4) is 17.2 Å². The van der Waals surface area contributed by atoms with E-state index in [0.717, 1.165) is 28.3 Å². The molecule has 0 aliphatic carbocycles. The smallest absolute Gasteiger partial charge is 0.146 e. The summed E-state index contributed by atoms with van der Waals surface area (Å²) >= 11 is 0. The van der Waals surface area contributed by atoms with E-state index in [1.54, 1.807) is 21.3 Å². The van der Waals surface area contributed by atoms with Gasteiger partial charge in [0.15, 0.2) is 0 Å². The first kappa shape index (κ1) is 15.9. The summed E-state index contributed by atoms with van der Waals surface area (Å²) in [5.74, 6) is 2.58. The van der Waals surface area contributed by atoms with Crippen molar-refractivity contribution in [2.45, 2.75) is 6.42 Å². The molecule has 0 aliphatic rings. The van der Waals surface area contributed by atoms with Crippen molar-refractivity contribution in [2.75, 3.05) is 27.1 Å². The lowest BCUT2D eigenvalue weighted by atomic mass is 10.1. The number of anilines is 1. The zero-order valence-electron chi connectivity index (χ0n) is 13.9. The molecule has 0 fully saturated rings. The number of ether oxygens (including phenoxy) is 3. The molecule has 0 saturated heterocycles. The van der Waals surface area contributed by atoms with Gasteiger partial charge in [-0.3, -0.25) is 0 Å². The second-order valence-corrected chi connectivity index (χ2v) is 5.26. The number of nitrogen functional groups attached to an aromatic ring is 1. The van der Waals surface area contributed by atoms with E-state index in [4.69, 9.17) is 19.9 Å². The van der Waals surface area contributed by atoms with Crippen LogP contribution in [0.15, 0.2) is 36.4 Å². The zero-order valence-corrected chi connectivity index (χ0v) is 13.9. The fraction of sp³-hybridized carbons (Fsp3) is 0.222. The predicted molar refractivity (Wildman–Crippen MR) is 92.9 cm³/mol. The average Bonchev–Trinajstić information content (AvgIpc) is 2.62. The van der Waals surface area contributed by atoms with E-state index >= 15 is 0 Å². The van der Waals surface area contributed by atoms with Crippen LogP contribution in [0.25, 0.3) is 11.0 Å². The fourth-order valence-electron chi connectivity index (χ4n) is 2.52. The van der Waals surface area contributed by atoms with E-state index in [2.05, 4.69) is 9.97 Å². The highest BCUT2D eigenvalue weighted by molar-refractivity contribution is 5.78. The van der Waals surface area contributed by atoms with Gasteiger partial charge in [-0.25, -0.2) is 9.97 Å². The Morgan fingerprint density at radius 1 is 0.833 bits per heavy atom. The molecule has 0 saturated carbocycles. The first-order chi connectivity index (χ1) is 11.6. The minimum atomic E-state index is 0.397. The van der Waals surface area contributed by atoms with Gasteiger partial charge in [-0.15, -0.1) is 0 Å². The highest BCUT2D eigenvalue weighted by Crippen LogP contribution is 2.28. The summed E-state index contributed by atoms with van der Waals surface area (Å²) in [4.78, 5) is 9.07. The molecule has 0 atom stereocenters. The number of hydrogen-bond donors (Lipinski definition) is 1. The van der Waals surface area contributed by atoms with E-state index in [0.29, 0.717) is 23.4 Å². The molecule has 124 valence electrons. The summed E-state index contributed by atoms with van der Waals surface area (Å²) in [6.07, 6.45) is 0.522. The molecule has 0 bridgehead atoms. The molecule has 0 unspecified atom stereocenters. The summed E-state index contributed by atoms with van der Waals surface area (Å²) < 4.78 is 15.9. The van der Waals surface area contributed by atoms with Crippen LogP contribution < -0.4 is 19.9 Å². The number of benzene rings is 2. The number of fused-ring (bicyclic) bond motifs is 1. The topological polar surface area (TPSA) is 79.5 Å². The van der Waals surface area contributed by atoms with Gasteiger partial charge >= 0.3 is 0 Å². The summed E-state index contributed by atoms with van der Waals surface area (Å²) in [5, 5.41) is 0. The molecule has 3 rings (SSSR count). The lowest BCUT2D eigenvalue weighted by Crippen LogP contribution is -2.04. The van der Waals surface area contributed by atoms with Crippen LogP contribution in [0.5, 0.6) is 17.2 Å². The molecular weight excluding hydrogens is 306 g/mol. The summed E-state index contributed by atoms with van der Waals surface area (Å²) in [6.45, 7) is 0. The first-order valence-corrected chi connectivity index (χ1v) is 7.45. The Morgan fingerprint density at radius 2 is 1.54 bits per heavy atom. The van der Waals surface area contributed by atoms with Crippen LogP contribution >= 0.6 is 0 Å². The maximum absolute atomic E-state index is 6.09. The van der Waals surface area contributed by atoms with Gasteiger partial charge in [0.25, 0.3) is 0 Å². The molecule has 3 aromatic rings. The summed E-state index contributed by atoms with van der Waals surface area (Å²) in [7, 11) is 4.86. The van der Waals surface area contributed by atoms with Crippen LogP contribution in [-0.2, 0) is 6.42 Å². The van der Waals surface area contributed by atoms with Crippen LogP contribution in [0.3, 0.4) is 0 Å². The van der Waals surface area contributed by atoms with Gasteiger partial charge in [-0.05, 0) is 18.2 Å². The maximum atomic E-state index is 6.09. The molecule has 1 heterocycles. The Hall–Kier alpha value is -3.02. The first-order valence-electron chi connectivity index (χ1n) is 7.45. The molecule has 6 heteroatoms. The molecule has 0 spiro atoms. The van der Waals surface area contributed by atoms with Crippen molar-refractivity contribution >= 4 is 16.9 Å². The van der Waals surface area contributed by atoms with E-state index in [1.165, 1.54) is 0 Å². The third-order valence-electron chi connectivity index (χ3n) is 3.83. The third kappa shape index (κ3) is 3.03. The molecular formula is C18H19N3O3. The van der Waals surface area contributed by atoms with Gasteiger partial charge in [0.05, 0.1) is 38.1 Å². The van der Waals surface area contributed by atoms with Crippen LogP contribution in [0.4, 0.5) is 5.82 Å². The average molecular weight is 325 g/mol. The third-order valence-corrected chi connectivity index (χ3v) is 3.83. The van der Waals surface area contributed by atoms with Gasteiger partial charge in [0.2, 0.25) is 0 Å². The van der Waals surface area contributed by atoms with Crippen molar-refractivity contribution < 1.29 is 14.2 Å². The molecule has 0 amide bonds. The standard InChI is InChI=1S/C18H19N3O3/c1-22-12-6-7-14-15(9-12)21-18(19)16(20-14)8-11-4-5-13(23-2)10-17(11)24-3/h4-7,9-10H,8H2,1-3H3,(H2,19,21). The molecule has 24 heavy (non-hydrogen) atoms. The minimum Gasteiger partial charge on any atom is -0.497 e. The molecule has 0 radical (unpaired) electrons. The number of rotatable bonds is 5. The van der Waals surface area contributed by atoms with E-state index in [-0.39, 0.29) is 0 Å². The Kier molecular flexibility index (Phi) is 4.37. The number of hydrogen-bond acceptors (Lipinski definition) is 6. The number of nitrogens with zero attached hydrogens (tertiary/aromatic N) is 2. The van der Waals surface area contributed by atoms with Gasteiger partial charge in [-0.2, -0.15) is 0 Å². The number of nitrogens with two attached hydrogens (primary N) is 1. The Balaban J connectivity index is 1.99. The SMILES string of the molecule is COc1ccc(Cc2nc3ccc(OC)cc3nc2N)c(OC)c1. The van der Waals surface area contributed by atoms with Crippen LogP contribution in [-0.4, -0.2) is 31.3 Å². The molecule has 2 N–H and O–H groups in total. The van der Waals surface area contributed by atoms with E-state index in [9.17, 15) is 0 Å². The lowest BCUT2D eigenvalue weighted by Gasteiger charge is -2.12. The second-order valence-electron chi connectivity index (χ2n) is 5.26. The van der Waals surface area contributed by atoms with Crippen molar-refractivity contribution in [3.63, 3.8) is 0 Å². The van der Waals surface area contributed by atoms with Crippen LogP contribution in [0.2, 0.25) is 0 Å². The Labute approximate surface area is 140 Å². The van der Waals surface area contributed by atoms with Gasteiger partial charge in [0, 0.05) is 24.1 Å². The normalized spacial score (nSPS) is 10.6. The monoisotopic (exact) mass is 325 g/mol. The van der Waals surface area contributed by atoms with Gasteiger partial charge < -0.3 is 19.9 Å². The van der Waals surface area contributed by atoms with Gasteiger partial charge in [-0.1, -0.05) is 6.07 Å². The van der Waals surface area contributed by atoms with Crippen molar-refractivity contribution in [3.05, 3.63) is 47.7 Å². The largest absolute Gasteiger partial charge is 0.497 e. The highest BCUT2D eigenvalue weighted by Gasteiger charge is 2.12. The van der Waals surface area contributed by atoms with Crippen LogP contribution in [0.1, 0.15) is 11.3 Å². The highest BCUT2D eigenvalue weighted by atomic mass is 16.5. The summed E-state index contributed by atoms with van der Waals surface area (Å²) in [5.41, 5.74) is 9.24. The molecule has 0 aliphatic heterocycles. The van der Waals surface area contributed by atoms with Crippen LogP contribution in [0, 0.1) is 0 Å². The second kappa shape index (κ2) is 6.62. The van der Waals surface area contributed by atoms with Crippen molar-refractivity contribution in [2.24, 2.45) is 0 Å². The van der Waals surface area contributed by atoms with E-state index in [1.807, 2.05) is 36.4 Å². The Morgan fingerprint density at radius 3 is 2.25 bits per heavy atom. The summed E-state index contributed by atoms with van der Waals surface area (Å²) in [6, 6.07) is 11.2. The molecule has 1 aromatic heterocycles. The Bertz CT molecular complexity index is 881. The lowest BCUT2D eigenvalue weighted by molar-refractivity contribution is 0.391. The van der Waals surface area contributed by atoms with Crippen molar-refractivity contribution in [1.29, 1.82) is 0 Å². The predicted octanol–water partition coefficient (Wildman–Crippen LogP) is 2.83. The number of methoxy groups -OCH3 is 3. The fourth-order valence-corrected chi connectivity index (χ4v) is 2.52. The van der Waals surface area contributed by atoms with E-state index < -0.39 is 0 Å². The molecule has 2 aromatic carbocycles. The van der Waals surface area contributed by atoms with Crippen molar-refractivity contribution in [1.82, 2.24) is 9.97 Å². The maximum Gasteiger partial charge on any atom is 0.146 e. The quantitative estimate of drug-likeness (QED) is 0.777. The van der Waals surface area contributed by atoms with Gasteiger partial charge in [0.1, 0.15) is 23.1 Å².